The maximum atomic E-state index is 9.65. The van der Waals surface area contributed by atoms with E-state index >= 15 is 0 Å². The number of aliphatic hydroxyl groups is 2. The fourth-order valence-corrected chi connectivity index (χ4v) is 1.55. The van der Waals surface area contributed by atoms with Gasteiger partial charge in [0.05, 0.1) is 11.8 Å². The molecule has 4 nitrogen and oxygen atoms in total. The van der Waals surface area contributed by atoms with Gasteiger partial charge in [-0.2, -0.15) is 5.10 Å². The number of hydrogen-bond donors (Lipinski definition) is 2. The summed E-state index contributed by atoms with van der Waals surface area (Å²) in [6.07, 6.45) is 0.0577. The maximum Gasteiger partial charge on any atom is 0.109 e. The summed E-state index contributed by atoms with van der Waals surface area (Å²) in [5.41, 5.74) is 1.42. The van der Waals surface area contributed by atoms with Crippen molar-refractivity contribution in [3.8, 4) is 0 Å². The van der Waals surface area contributed by atoms with Gasteiger partial charge in [0.15, 0.2) is 0 Å². The van der Waals surface area contributed by atoms with Crippen LogP contribution in [0.3, 0.4) is 0 Å². The van der Waals surface area contributed by atoms with Crippen LogP contribution in [0.1, 0.15) is 17.4 Å². The summed E-state index contributed by atoms with van der Waals surface area (Å²) in [4.78, 5) is 0. The van der Waals surface area contributed by atoms with E-state index in [9.17, 15) is 10.2 Å². The van der Waals surface area contributed by atoms with E-state index in [0.717, 1.165) is 5.69 Å². The Balaban J connectivity index is 2.87. The summed E-state index contributed by atoms with van der Waals surface area (Å²) < 4.78 is 1.62. The van der Waals surface area contributed by atoms with Crippen LogP contribution in [-0.4, -0.2) is 31.4 Å². The summed E-state index contributed by atoms with van der Waals surface area (Å²) in [6, 6.07) is 0. The third kappa shape index (κ3) is 2.30. The lowest BCUT2D eigenvalue weighted by molar-refractivity contribution is 0.0338. The van der Waals surface area contributed by atoms with Crippen LogP contribution < -0.4 is 0 Å². The van der Waals surface area contributed by atoms with Gasteiger partial charge in [-0.05, 0) is 6.92 Å². The Morgan fingerprint density at radius 3 is 2.62 bits per heavy atom. The van der Waals surface area contributed by atoms with Crippen molar-refractivity contribution in [1.29, 1.82) is 0 Å². The Kier molecular flexibility index (Phi) is 3.47. The molecule has 0 aliphatic rings. The molecule has 2 atom stereocenters. The molecule has 0 aliphatic carbocycles. The van der Waals surface area contributed by atoms with Crippen LogP contribution in [0, 0.1) is 6.92 Å². The van der Waals surface area contributed by atoms with Crippen molar-refractivity contribution in [1.82, 2.24) is 9.78 Å². The molecule has 0 fully saturated rings. The van der Waals surface area contributed by atoms with Crippen LogP contribution in [0.2, 0.25) is 0 Å². The number of aryl methyl sites for hydroxylation is 2. The quantitative estimate of drug-likeness (QED) is 0.768. The predicted molar refractivity (Wildman–Crippen MR) is 52.7 cm³/mol. The van der Waals surface area contributed by atoms with Gasteiger partial charge in [0.2, 0.25) is 0 Å². The third-order valence-electron chi connectivity index (χ3n) is 1.89. The van der Waals surface area contributed by atoms with E-state index in [2.05, 4.69) is 21.0 Å². The molecule has 5 heteroatoms. The first-order valence-electron chi connectivity index (χ1n) is 3.98. The zero-order valence-corrected chi connectivity index (χ0v) is 9.19. The number of hydrogen-bond acceptors (Lipinski definition) is 3. The van der Waals surface area contributed by atoms with Gasteiger partial charge >= 0.3 is 0 Å². The molecular weight excluding hydrogens is 236 g/mol. The predicted octanol–water partition coefficient (Wildman–Crippen LogP) is 0.518. The van der Waals surface area contributed by atoms with Crippen molar-refractivity contribution in [2.24, 2.45) is 7.05 Å². The van der Waals surface area contributed by atoms with E-state index in [1.807, 2.05) is 0 Å². The molecule has 1 rings (SSSR count). The van der Waals surface area contributed by atoms with Gasteiger partial charge in [0.1, 0.15) is 6.10 Å². The van der Waals surface area contributed by atoms with Crippen molar-refractivity contribution in [2.45, 2.75) is 19.1 Å². The van der Waals surface area contributed by atoms with Gasteiger partial charge < -0.3 is 10.2 Å². The molecule has 0 bridgehead atoms. The molecule has 2 unspecified atom stereocenters. The Morgan fingerprint density at radius 2 is 2.23 bits per heavy atom. The van der Waals surface area contributed by atoms with E-state index in [4.69, 9.17) is 0 Å². The van der Waals surface area contributed by atoms with E-state index in [1.54, 1.807) is 24.9 Å². The normalized spacial score (nSPS) is 15.8. The Labute approximate surface area is 85.3 Å². The van der Waals surface area contributed by atoms with Crippen molar-refractivity contribution in [2.75, 3.05) is 5.33 Å². The van der Waals surface area contributed by atoms with Gasteiger partial charge in [-0.1, -0.05) is 15.9 Å². The summed E-state index contributed by atoms with van der Waals surface area (Å²) in [5.74, 6) is 0. The highest BCUT2D eigenvalue weighted by molar-refractivity contribution is 9.09. The first-order chi connectivity index (χ1) is 6.06. The Morgan fingerprint density at radius 1 is 1.62 bits per heavy atom. The van der Waals surface area contributed by atoms with Crippen LogP contribution in [0.25, 0.3) is 0 Å². The molecule has 74 valence electrons. The minimum atomic E-state index is -0.868. The zero-order valence-electron chi connectivity index (χ0n) is 7.61. The number of halogens is 1. The lowest BCUT2D eigenvalue weighted by atomic mass is 10.1. The number of alkyl halides is 1. The second-order valence-electron chi connectivity index (χ2n) is 3.01. The van der Waals surface area contributed by atoms with Gasteiger partial charge in [-0.15, -0.1) is 0 Å². The molecule has 1 aromatic rings. The smallest absolute Gasteiger partial charge is 0.109 e. The van der Waals surface area contributed by atoms with E-state index in [1.165, 1.54) is 0 Å². The average molecular weight is 249 g/mol. The number of nitrogens with zero attached hydrogens (tertiary/aromatic N) is 2. The van der Waals surface area contributed by atoms with Gasteiger partial charge in [-0.25, -0.2) is 0 Å². The van der Waals surface area contributed by atoms with Crippen LogP contribution in [-0.2, 0) is 7.05 Å². The van der Waals surface area contributed by atoms with Crippen molar-refractivity contribution >= 4 is 15.9 Å². The van der Waals surface area contributed by atoms with E-state index < -0.39 is 12.2 Å². The standard InChI is InChI=1S/C8H13BrN2O2/c1-5-6(4-11(2)10-5)8(13)7(12)3-9/h4,7-8,12-13H,3H2,1-2H3. The molecule has 0 aromatic carbocycles. The monoisotopic (exact) mass is 248 g/mol. The molecule has 0 radical (unpaired) electrons. The molecule has 1 aromatic heterocycles. The van der Waals surface area contributed by atoms with Gasteiger partial charge in [0.25, 0.3) is 0 Å². The van der Waals surface area contributed by atoms with Gasteiger partial charge in [-0.3, -0.25) is 4.68 Å². The lowest BCUT2D eigenvalue weighted by Gasteiger charge is -2.14. The molecule has 1 heterocycles. The molecule has 13 heavy (non-hydrogen) atoms. The molecule has 0 saturated heterocycles. The van der Waals surface area contributed by atoms with Crippen molar-refractivity contribution in [3.05, 3.63) is 17.5 Å². The van der Waals surface area contributed by atoms with Crippen LogP contribution in [0.4, 0.5) is 0 Å². The second kappa shape index (κ2) is 4.21. The van der Waals surface area contributed by atoms with E-state index in [-0.39, 0.29) is 0 Å². The highest BCUT2D eigenvalue weighted by atomic mass is 79.9. The SMILES string of the molecule is Cc1nn(C)cc1C(O)C(O)CBr. The molecule has 0 amide bonds. The third-order valence-corrected chi connectivity index (χ3v) is 2.56. The second-order valence-corrected chi connectivity index (χ2v) is 3.66. The van der Waals surface area contributed by atoms with Crippen molar-refractivity contribution < 1.29 is 10.2 Å². The highest BCUT2D eigenvalue weighted by Gasteiger charge is 2.20. The first kappa shape index (κ1) is 10.7. The summed E-state index contributed by atoms with van der Waals surface area (Å²) in [6.45, 7) is 1.81. The maximum absolute atomic E-state index is 9.65. The largest absolute Gasteiger partial charge is 0.389 e. The molecule has 0 spiro atoms. The fraction of sp³-hybridized carbons (Fsp3) is 0.625. The minimum Gasteiger partial charge on any atom is -0.389 e. The summed E-state index contributed by atoms with van der Waals surface area (Å²) in [7, 11) is 1.78. The molecule has 0 aliphatic heterocycles. The van der Waals surface area contributed by atoms with Crippen LogP contribution >= 0.6 is 15.9 Å². The molecule has 2 N–H and O–H groups in total. The average Bonchev–Trinajstić information content (AvgIpc) is 2.42. The number of aromatic nitrogens is 2. The fourth-order valence-electron chi connectivity index (χ4n) is 1.20. The Bertz CT molecular complexity index is 288. The van der Waals surface area contributed by atoms with Crippen LogP contribution in [0.5, 0.6) is 0 Å². The molecular formula is C8H13BrN2O2. The Hall–Kier alpha value is -0.390. The summed E-state index contributed by atoms with van der Waals surface area (Å²) >= 11 is 3.11. The number of aliphatic hydroxyl groups excluding tert-OH is 2. The van der Waals surface area contributed by atoms with Crippen molar-refractivity contribution in [3.63, 3.8) is 0 Å². The van der Waals surface area contributed by atoms with E-state index in [0.29, 0.717) is 10.9 Å². The van der Waals surface area contributed by atoms with Gasteiger partial charge in [0, 0.05) is 24.1 Å². The molecule has 0 saturated carbocycles. The zero-order chi connectivity index (χ0) is 10.0. The first-order valence-corrected chi connectivity index (χ1v) is 5.10. The summed E-state index contributed by atoms with van der Waals surface area (Å²) in [5, 5.41) is 23.5. The topological polar surface area (TPSA) is 58.3 Å². The highest BCUT2D eigenvalue weighted by Crippen LogP contribution is 2.20. The number of rotatable bonds is 3. The minimum absolute atomic E-state index is 0.350. The lowest BCUT2D eigenvalue weighted by Crippen LogP contribution is -2.19. The van der Waals surface area contributed by atoms with Crippen LogP contribution in [0.15, 0.2) is 6.20 Å².